The Morgan fingerprint density at radius 3 is 2.89 bits per heavy atom. The van der Waals surface area contributed by atoms with Crippen molar-refractivity contribution in [2.75, 3.05) is 6.54 Å². The Morgan fingerprint density at radius 2 is 2.00 bits per heavy atom. The summed E-state index contributed by atoms with van der Waals surface area (Å²) in [6.07, 6.45) is 8.30. The minimum Gasteiger partial charge on any atom is -0.488 e. The molecule has 1 aromatic rings. The molecule has 3 rings (SSSR count). The van der Waals surface area contributed by atoms with Crippen LogP contribution in [0.25, 0.3) is 0 Å². The van der Waals surface area contributed by atoms with E-state index in [1.807, 2.05) is 0 Å². The van der Waals surface area contributed by atoms with Crippen molar-refractivity contribution < 1.29 is 4.74 Å². The van der Waals surface area contributed by atoms with Crippen LogP contribution < -0.4 is 10.1 Å². The Kier molecular flexibility index (Phi) is 4.07. The van der Waals surface area contributed by atoms with Crippen molar-refractivity contribution in [2.24, 2.45) is 5.92 Å². The van der Waals surface area contributed by atoms with Gasteiger partial charge in [-0.25, -0.2) is 0 Å². The average molecular weight is 259 g/mol. The first-order valence-corrected chi connectivity index (χ1v) is 7.81. The predicted octanol–water partition coefficient (Wildman–Crippen LogP) is 3.55. The summed E-state index contributed by atoms with van der Waals surface area (Å²) in [4.78, 5) is 0. The third-order valence-electron chi connectivity index (χ3n) is 4.68. The third kappa shape index (κ3) is 3.11. The van der Waals surface area contributed by atoms with Crippen molar-refractivity contribution in [1.29, 1.82) is 0 Å². The summed E-state index contributed by atoms with van der Waals surface area (Å²) in [5, 5.41) is 3.76. The normalized spacial score (nSPS) is 30.5. The topological polar surface area (TPSA) is 21.3 Å². The van der Waals surface area contributed by atoms with E-state index in [1.165, 1.54) is 37.7 Å². The molecule has 1 N–H and O–H groups in total. The van der Waals surface area contributed by atoms with Crippen LogP contribution in [0.15, 0.2) is 24.3 Å². The Morgan fingerprint density at radius 1 is 1.16 bits per heavy atom. The maximum absolute atomic E-state index is 6.00. The van der Waals surface area contributed by atoms with E-state index in [4.69, 9.17) is 4.74 Å². The fraction of sp³-hybridized carbons (Fsp3) is 0.647. The van der Waals surface area contributed by atoms with Crippen molar-refractivity contribution >= 4 is 0 Å². The van der Waals surface area contributed by atoms with E-state index in [2.05, 4.69) is 36.5 Å². The Labute approximate surface area is 116 Å². The van der Waals surface area contributed by atoms with Crippen molar-refractivity contribution in [3.8, 4) is 5.75 Å². The van der Waals surface area contributed by atoms with Gasteiger partial charge in [-0.1, -0.05) is 44.4 Å². The highest BCUT2D eigenvalue weighted by molar-refractivity contribution is 5.37. The number of hydrogen-bond acceptors (Lipinski definition) is 2. The third-order valence-corrected chi connectivity index (χ3v) is 4.68. The molecule has 2 nitrogen and oxygen atoms in total. The summed E-state index contributed by atoms with van der Waals surface area (Å²) >= 11 is 0. The van der Waals surface area contributed by atoms with Gasteiger partial charge in [0.2, 0.25) is 0 Å². The van der Waals surface area contributed by atoms with Gasteiger partial charge >= 0.3 is 0 Å². The van der Waals surface area contributed by atoms with E-state index in [0.29, 0.717) is 12.1 Å². The van der Waals surface area contributed by atoms with Gasteiger partial charge in [-0.05, 0) is 30.4 Å². The molecule has 3 atom stereocenters. The molecule has 0 spiro atoms. The molecular weight excluding hydrogens is 234 g/mol. The van der Waals surface area contributed by atoms with Gasteiger partial charge in [0.05, 0.1) is 0 Å². The van der Waals surface area contributed by atoms with Crippen LogP contribution in [-0.2, 0) is 6.42 Å². The van der Waals surface area contributed by atoms with Gasteiger partial charge in [0.25, 0.3) is 0 Å². The van der Waals surface area contributed by atoms with Crippen LogP contribution in [0.5, 0.6) is 5.75 Å². The van der Waals surface area contributed by atoms with E-state index in [-0.39, 0.29) is 0 Å². The summed E-state index contributed by atoms with van der Waals surface area (Å²) in [6.45, 7) is 3.39. The van der Waals surface area contributed by atoms with E-state index < -0.39 is 0 Å². The number of rotatable bonds is 3. The zero-order valence-corrected chi connectivity index (χ0v) is 11.9. The molecule has 1 heterocycles. The summed E-state index contributed by atoms with van der Waals surface area (Å²) in [7, 11) is 0. The Hall–Kier alpha value is -1.02. The number of para-hydroxylation sites is 1. The maximum atomic E-state index is 6.00. The zero-order chi connectivity index (χ0) is 13.1. The van der Waals surface area contributed by atoms with Gasteiger partial charge in [-0.3, -0.25) is 0 Å². The average Bonchev–Trinajstić information content (AvgIpc) is 2.73. The SMILES string of the molecule is CC1CCCCCC1NCC1Cc2ccccc2O1. The molecule has 0 saturated heterocycles. The highest BCUT2D eigenvalue weighted by atomic mass is 16.5. The summed E-state index contributed by atoms with van der Waals surface area (Å²) < 4.78 is 6.00. The van der Waals surface area contributed by atoms with Crippen LogP contribution in [0.3, 0.4) is 0 Å². The van der Waals surface area contributed by atoms with Gasteiger partial charge in [-0.15, -0.1) is 0 Å². The number of ether oxygens (including phenoxy) is 1. The van der Waals surface area contributed by atoms with Crippen LogP contribution >= 0.6 is 0 Å². The molecule has 3 unspecified atom stereocenters. The van der Waals surface area contributed by atoms with Crippen molar-refractivity contribution in [2.45, 2.75) is 57.6 Å². The molecule has 1 fully saturated rings. The number of hydrogen-bond donors (Lipinski definition) is 1. The minimum atomic E-state index is 0.327. The molecule has 0 radical (unpaired) electrons. The quantitative estimate of drug-likeness (QED) is 0.838. The molecular formula is C17H25NO. The lowest BCUT2D eigenvalue weighted by Crippen LogP contribution is -2.40. The lowest BCUT2D eigenvalue weighted by molar-refractivity contribution is 0.211. The lowest BCUT2D eigenvalue weighted by Gasteiger charge is -2.24. The smallest absolute Gasteiger partial charge is 0.123 e. The first-order valence-electron chi connectivity index (χ1n) is 7.81. The van der Waals surface area contributed by atoms with Crippen molar-refractivity contribution in [3.63, 3.8) is 0 Å². The molecule has 19 heavy (non-hydrogen) atoms. The first-order chi connectivity index (χ1) is 9.33. The lowest BCUT2D eigenvalue weighted by atomic mass is 9.97. The second-order valence-electron chi connectivity index (χ2n) is 6.18. The van der Waals surface area contributed by atoms with Gasteiger partial charge in [0, 0.05) is 19.0 Å². The summed E-state index contributed by atoms with van der Waals surface area (Å²) in [5.41, 5.74) is 1.36. The van der Waals surface area contributed by atoms with E-state index in [1.54, 1.807) is 0 Å². The van der Waals surface area contributed by atoms with E-state index in [0.717, 1.165) is 24.6 Å². The number of nitrogens with one attached hydrogen (secondary N) is 1. The molecule has 2 aliphatic rings. The Balaban J connectivity index is 1.51. The largest absolute Gasteiger partial charge is 0.488 e. The summed E-state index contributed by atoms with van der Waals surface area (Å²) in [5.74, 6) is 1.90. The van der Waals surface area contributed by atoms with Gasteiger partial charge < -0.3 is 10.1 Å². The van der Waals surface area contributed by atoms with Crippen molar-refractivity contribution in [3.05, 3.63) is 29.8 Å². The van der Waals surface area contributed by atoms with Gasteiger partial charge in [0.15, 0.2) is 0 Å². The predicted molar refractivity (Wildman–Crippen MR) is 78.6 cm³/mol. The molecule has 0 aromatic heterocycles. The van der Waals surface area contributed by atoms with Crippen LogP contribution in [0.2, 0.25) is 0 Å². The van der Waals surface area contributed by atoms with Gasteiger partial charge in [-0.2, -0.15) is 0 Å². The maximum Gasteiger partial charge on any atom is 0.123 e. The fourth-order valence-electron chi connectivity index (χ4n) is 3.45. The highest BCUT2D eigenvalue weighted by Crippen LogP contribution is 2.28. The summed E-state index contributed by atoms with van der Waals surface area (Å²) in [6, 6.07) is 9.12. The monoisotopic (exact) mass is 259 g/mol. The molecule has 104 valence electrons. The van der Waals surface area contributed by atoms with Crippen LogP contribution in [0.4, 0.5) is 0 Å². The molecule has 0 bridgehead atoms. The van der Waals surface area contributed by atoms with E-state index in [9.17, 15) is 0 Å². The highest BCUT2D eigenvalue weighted by Gasteiger charge is 2.25. The van der Waals surface area contributed by atoms with Crippen LogP contribution in [0.1, 0.15) is 44.6 Å². The van der Waals surface area contributed by atoms with Crippen LogP contribution in [0, 0.1) is 5.92 Å². The molecule has 0 amide bonds. The fourth-order valence-corrected chi connectivity index (χ4v) is 3.45. The minimum absolute atomic E-state index is 0.327. The molecule has 1 aromatic carbocycles. The molecule has 1 saturated carbocycles. The molecule has 2 heteroatoms. The van der Waals surface area contributed by atoms with Crippen LogP contribution in [-0.4, -0.2) is 18.7 Å². The zero-order valence-electron chi connectivity index (χ0n) is 11.9. The molecule has 1 aliphatic heterocycles. The van der Waals surface area contributed by atoms with Crippen molar-refractivity contribution in [1.82, 2.24) is 5.32 Å². The number of benzene rings is 1. The number of fused-ring (bicyclic) bond motifs is 1. The van der Waals surface area contributed by atoms with Gasteiger partial charge in [0.1, 0.15) is 11.9 Å². The second-order valence-corrected chi connectivity index (χ2v) is 6.18. The Bertz CT molecular complexity index is 392. The molecule has 1 aliphatic carbocycles. The van der Waals surface area contributed by atoms with E-state index >= 15 is 0 Å². The standard InChI is InChI=1S/C17H25NO/c1-13-7-3-2-4-9-16(13)18-12-15-11-14-8-5-6-10-17(14)19-15/h5-6,8,10,13,15-16,18H,2-4,7,9,11-12H2,1H3. The second kappa shape index (κ2) is 5.96. The first kappa shape index (κ1) is 13.0.